The van der Waals surface area contributed by atoms with Crippen molar-refractivity contribution in [1.29, 1.82) is 5.26 Å². The molecule has 10 nitrogen and oxygen atoms in total. The molecule has 3 aromatic rings. The van der Waals surface area contributed by atoms with E-state index in [0.29, 0.717) is 9.13 Å². The highest BCUT2D eigenvalue weighted by molar-refractivity contribution is 14.1. The number of anilines is 1. The average Bonchev–Trinajstić information content (AvgIpc) is 2.84. The monoisotopic (exact) mass is 605 g/mol. The summed E-state index contributed by atoms with van der Waals surface area (Å²) in [6.45, 7) is 0. The number of carbonyl (C=O) groups is 1. The molecule has 0 radical (unpaired) electrons. The molecule has 0 aliphatic heterocycles. The molecule has 0 aliphatic carbocycles. The molecule has 0 saturated heterocycles. The molecule has 0 aromatic heterocycles. The topological polar surface area (TPSA) is 149 Å². The fraction of sp³-hybridized carbons (Fsp3) is 0.0435. The van der Waals surface area contributed by atoms with Crippen LogP contribution in [0.5, 0.6) is 11.5 Å². The van der Waals surface area contributed by atoms with Gasteiger partial charge in [-0.1, -0.05) is 24.3 Å². The van der Waals surface area contributed by atoms with Gasteiger partial charge in [0.05, 0.1) is 15.6 Å². The van der Waals surface area contributed by atoms with E-state index in [0.717, 1.165) is 6.07 Å². The third-order valence-corrected chi connectivity index (χ3v) is 6.50. The van der Waals surface area contributed by atoms with Crippen LogP contribution in [0.25, 0.3) is 6.08 Å². The van der Waals surface area contributed by atoms with Crippen LogP contribution in [0.15, 0.2) is 77.2 Å². The predicted octanol–water partition coefficient (Wildman–Crippen LogP) is 4.52. The Morgan fingerprint density at radius 3 is 2.49 bits per heavy atom. The highest BCUT2D eigenvalue weighted by atomic mass is 127. The zero-order valence-electron chi connectivity index (χ0n) is 18.0. The lowest BCUT2D eigenvalue weighted by Gasteiger charge is -2.13. The molecule has 0 spiro atoms. The van der Waals surface area contributed by atoms with Crippen molar-refractivity contribution < 1.29 is 27.1 Å². The van der Waals surface area contributed by atoms with Crippen LogP contribution >= 0.6 is 22.6 Å². The number of nitriles is 1. The fourth-order valence-corrected chi connectivity index (χ4v) is 4.72. The van der Waals surface area contributed by atoms with Crippen LogP contribution < -0.4 is 14.2 Å². The van der Waals surface area contributed by atoms with E-state index in [9.17, 15) is 28.6 Å². The number of hydrogen-bond acceptors (Lipinski definition) is 8. The Kier molecular flexibility index (Phi) is 8.05. The zero-order chi connectivity index (χ0) is 25.6. The number of nitro benzene ring substituents is 1. The van der Waals surface area contributed by atoms with E-state index in [4.69, 9.17) is 8.92 Å². The van der Waals surface area contributed by atoms with E-state index in [1.807, 2.05) is 22.6 Å². The SMILES string of the molecule is COc1cc(/C=C(\C#N)C(=O)Nc2cccc([N+](=O)[O-])c2)cc(I)c1OS(=O)(=O)c1ccccc1. The first-order chi connectivity index (χ1) is 16.6. The lowest BCUT2D eigenvalue weighted by atomic mass is 10.1. The molecular weight excluding hydrogens is 589 g/mol. The highest BCUT2D eigenvalue weighted by Crippen LogP contribution is 2.36. The van der Waals surface area contributed by atoms with E-state index >= 15 is 0 Å². The van der Waals surface area contributed by atoms with Crippen LogP contribution in [0.2, 0.25) is 0 Å². The number of nitro groups is 1. The first-order valence-corrected chi connectivity index (χ1v) is 12.2. The molecule has 178 valence electrons. The van der Waals surface area contributed by atoms with Crippen LogP contribution in [0.4, 0.5) is 11.4 Å². The van der Waals surface area contributed by atoms with Gasteiger partial charge in [0.25, 0.3) is 11.6 Å². The summed E-state index contributed by atoms with van der Waals surface area (Å²) in [5.41, 5.74) is -0.000570. The molecule has 3 rings (SSSR count). The highest BCUT2D eigenvalue weighted by Gasteiger charge is 2.22. The molecule has 0 unspecified atom stereocenters. The minimum absolute atomic E-state index is 0.0357. The Labute approximate surface area is 214 Å². The summed E-state index contributed by atoms with van der Waals surface area (Å²) in [6.07, 6.45) is 1.27. The summed E-state index contributed by atoms with van der Waals surface area (Å²) in [5.74, 6) is -0.762. The van der Waals surface area contributed by atoms with E-state index < -0.39 is 20.9 Å². The summed E-state index contributed by atoms with van der Waals surface area (Å²) < 4.78 is 36.2. The molecule has 0 saturated carbocycles. The maximum Gasteiger partial charge on any atom is 0.339 e. The van der Waals surface area contributed by atoms with Crippen LogP contribution in [-0.4, -0.2) is 26.4 Å². The number of non-ortho nitro benzene ring substituents is 1. The van der Waals surface area contributed by atoms with Crippen LogP contribution in [-0.2, 0) is 14.9 Å². The van der Waals surface area contributed by atoms with Crippen molar-refractivity contribution in [2.75, 3.05) is 12.4 Å². The number of halogens is 1. The molecule has 0 atom stereocenters. The number of nitrogens with one attached hydrogen (secondary N) is 1. The van der Waals surface area contributed by atoms with Crippen molar-refractivity contribution in [3.8, 4) is 17.6 Å². The summed E-state index contributed by atoms with van der Waals surface area (Å²) in [7, 11) is -2.81. The Bertz CT molecular complexity index is 1470. The van der Waals surface area contributed by atoms with Crippen LogP contribution in [0.3, 0.4) is 0 Å². The third-order valence-electron chi connectivity index (χ3n) is 4.47. The lowest BCUT2D eigenvalue weighted by Crippen LogP contribution is -2.13. The molecule has 0 heterocycles. The van der Waals surface area contributed by atoms with Gasteiger partial charge in [-0.25, -0.2) is 0 Å². The number of ether oxygens (including phenoxy) is 1. The second kappa shape index (κ2) is 11.0. The van der Waals surface area contributed by atoms with E-state index in [2.05, 4.69) is 5.32 Å². The Hall–Kier alpha value is -3.96. The second-order valence-corrected chi connectivity index (χ2v) is 9.52. The van der Waals surface area contributed by atoms with Gasteiger partial charge in [-0.15, -0.1) is 0 Å². The molecule has 0 aliphatic rings. The quantitative estimate of drug-likeness (QED) is 0.0984. The van der Waals surface area contributed by atoms with Gasteiger partial charge in [0.2, 0.25) is 0 Å². The lowest BCUT2D eigenvalue weighted by molar-refractivity contribution is -0.384. The van der Waals surface area contributed by atoms with Crippen LogP contribution in [0.1, 0.15) is 5.56 Å². The van der Waals surface area contributed by atoms with Crippen molar-refractivity contribution in [3.63, 3.8) is 0 Å². The van der Waals surface area contributed by atoms with Gasteiger partial charge in [-0.3, -0.25) is 14.9 Å². The Morgan fingerprint density at radius 2 is 1.86 bits per heavy atom. The summed E-state index contributed by atoms with van der Waals surface area (Å²) in [4.78, 5) is 22.9. The number of hydrogen-bond donors (Lipinski definition) is 1. The van der Waals surface area contributed by atoms with Gasteiger partial charge < -0.3 is 14.2 Å². The molecule has 1 amide bonds. The number of nitrogens with zero attached hydrogens (tertiary/aromatic N) is 2. The first kappa shape index (κ1) is 25.7. The van der Waals surface area contributed by atoms with Crippen molar-refractivity contribution in [2.45, 2.75) is 4.90 Å². The van der Waals surface area contributed by atoms with Gasteiger partial charge in [-0.2, -0.15) is 13.7 Å². The van der Waals surface area contributed by atoms with Crippen molar-refractivity contribution in [3.05, 3.63) is 91.6 Å². The fourth-order valence-electron chi connectivity index (χ4n) is 2.86. The number of carbonyl (C=O) groups excluding carboxylic acids is 1. The van der Waals surface area contributed by atoms with E-state index in [-0.39, 0.29) is 33.3 Å². The molecule has 1 N–H and O–H groups in total. The minimum Gasteiger partial charge on any atom is -0.493 e. The molecule has 12 heteroatoms. The van der Waals surface area contributed by atoms with Crippen molar-refractivity contribution in [2.24, 2.45) is 0 Å². The summed E-state index contributed by atoms with van der Waals surface area (Å²) >= 11 is 1.85. The summed E-state index contributed by atoms with van der Waals surface area (Å²) in [6, 6.07) is 17.6. The molecule has 0 bridgehead atoms. The van der Waals surface area contributed by atoms with E-state index in [1.165, 1.54) is 55.7 Å². The molecule has 3 aromatic carbocycles. The number of amides is 1. The van der Waals surface area contributed by atoms with Gasteiger partial charge in [0.15, 0.2) is 11.5 Å². The minimum atomic E-state index is -4.13. The predicted molar refractivity (Wildman–Crippen MR) is 135 cm³/mol. The largest absolute Gasteiger partial charge is 0.493 e. The van der Waals surface area contributed by atoms with Crippen molar-refractivity contribution >= 4 is 56.1 Å². The standard InChI is InChI=1S/C23H16IN3O7S/c1-33-21-12-15(11-20(24)22(21)34-35(31,32)19-8-3-2-4-9-19)10-16(14-25)23(28)26-17-6-5-7-18(13-17)27(29)30/h2-13H,1H3,(H,26,28)/b16-10+. The normalized spacial score (nSPS) is 11.3. The van der Waals surface area contributed by atoms with E-state index in [1.54, 1.807) is 24.3 Å². The molecule has 35 heavy (non-hydrogen) atoms. The van der Waals surface area contributed by atoms with Gasteiger partial charge in [0.1, 0.15) is 16.5 Å². The van der Waals surface area contributed by atoms with Crippen molar-refractivity contribution in [1.82, 2.24) is 0 Å². The van der Waals surface area contributed by atoms with Crippen LogP contribution in [0, 0.1) is 25.0 Å². The number of rotatable bonds is 8. The Morgan fingerprint density at radius 1 is 1.14 bits per heavy atom. The van der Waals surface area contributed by atoms with Gasteiger partial charge >= 0.3 is 10.1 Å². The van der Waals surface area contributed by atoms with Gasteiger partial charge in [-0.05, 0) is 64.6 Å². The van der Waals surface area contributed by atoms with Gasteiger partial charge in [0, 0.05) is 17.8 Å². The third kappa shape index (κ3) is 6.34. The zero-order valence-corrected chi connectivity index (χ0v) is 20.9. The smallest absolute Gasteiger partial charge is 0.339 e. The molecular formula is C23H16IN3O7S. The second-order valence-electron chi connectivity index (χ2n) is 6.82. The Balaban J connectivity index is 1.90. The maximum atomic E-state index is 12.6. The average molecular weight is 605 g/mol. The maximum absolute atomic E-state index is 12.6. The number of benzene rings is 3. The summed E-state index contributed by atoms with van der Waals surface area (Å²) in [5, 5.41) is 22.9. The molecule has 0 fully saturated rings. The first-order valence-electron chi connectivity index (χ1n) is 9.69. The number of methoxy groups -OCH3 is 1.